The predicted octanol–water partition coefficient (Wildman–Crippen LogP) is 4.76. The first kappa shape index (κ1) is 23.5. The smallest absolute Gasteiger partial charge is 0.303 e. The number of carbonyl (C=O) groups excluding carboxylic acids is 1. The van der Waals surface area contributed by atoms with Gasteiger partial charge in [0.15, 0.2) is 0 Å². The third kappa shape index (κ3) is 4.54. The number of hydrogen-bond donors (Lipinski definition) is 1. The molecule has 2 aromatic carbocycles. The van der Waals surface area contributed by atoms with Crippen molar-refractivity contribution in [3.8, 4) is 11.5 Å². The number of hydrazone groups is 1. The number of methoxy groups -OCH3 is 2. The van der Waals surface area contributed by atoms with E-state index in [2.05, 4.69) is 10.1 Å². The number of pyridine rings is 1. The Morgan fingerprint density at radius 1 is 1.15 bits per heavy atom. The van der Waals surface area contributed by atoms with E-state index >= 15 is 0 Å². The van der Waals surface area contributed by atoms with Gasteiger partial charge in [-0.2, -0.15) is 5.10 Å². The highest BCUT2D eigenvalue weighted by molar-refractivity contribution is 6.30. The Bertz CT molecular complexity index is 1310. The molecule has 1 N–H and O–H groups in total. The lowest BCUT2D eigenvalue weighted by molar-refractivity contribution is -0.141. The van der Waals surface area contributed by atoms with Crippen LogP contribution in [0.15, 0.2) is 47.6 Å². The number of carboxylic acids is 1. The topological polar surface area (TPSA) is 101 Å². The van der Waals surface area contributed by atoms with E-state index in [1.165, 1.54) is 5.01 Å². The summed E-state index contributed by atoms with van der Waals surface area (Å²) in [5.41, 5.74) is 3.70. The molecule has 4 rings (SSSR count). The number of hydrogen-bond acceptors (Lipinski definition) is 6. The summed E-state index contributed by atoms with van der Waals surface area (Å²) in [5, 5.41) is 16.2. The van der Waals surface area contributed by atoms with Crippen molar-refractivity contribution < 1.29 is 24.2 Å². The molecule has 34 heavy (non-hydrogen) atoms. The first-order chi connectivity index (χ1) is 16.3. The number of ether oxygens (including phenoxy) is 2. The number of nitrogens with zero attached hydrogens (tertiary/aromatic N) is 3. The van der Waals surface area contributed by atoms with Crippen LogP contribution in [0.25, 0.3) is 10.9 Å². The number of aryl methyl sites for hydroxylation is 1. The zero-order chi connectivity index (χ0) is 24.4. The van der Waals surface area contributed by atoms with E-state index in [1.807, 2.05) is 31.2 Å². The van der Waals surface area contributed by atoms with Gasteiger partial charge >= 0.3 is 5.97 Å². The zero-order valence-corrected chi connectivity index (χ0v) is 19.8. The molecule has 1 aliphatic heterocycles. The summed E-state index contributed by atoms with van der Waals surface area (Å²) in [5.74, 6) is -0.267. The maximum absolute atomic E-state index is 13.1. The van der Waals surface area contributed by atoms with Gasteiger partial charge in [-0.25, -0.2) is 9.99 Å². The van der Waals surface area contributed by atoms with E-state index < -0.39 is 17.9 Å². The van der Waals surface area contributed by atoms with Crippen LogP contribution >= 0.6 is 11.6 Å². The number of para-hydroxylation sites is 1. The van der Waals surface area contributed by atoms with Crippen LogP contribution in [-0.4, -0.2) is 46.9 Å². The second-order valence-corrected chi connectivity index (χ2v) is 8.34. The van der Waals surface area contributed by atoms with Crippen LogP contribution in [0.1, 0.15) is 42.0 Å². The summed E-state index contributed by atoms with van der Waals surface area (Å²) in [4.78, 5) is 28.7. The van der Waals surface area contributed by atoms with Crippen LogP contribution in [0.4, 0.5) is 0 Å². The fourth-order valence-electron chi connectivity index (χ4n) is 4.09. The second kappa shape index (κ2) is 9.69. The number of benzene rings is 2. The molecular weight excluding hydrogens is 458 g/mol. The maximum Gasteiger partial charge on any atom is 0.303 e. The molecule has 1 aromatic heterocycles. The molecule has 0 saturated heterocycles. The molecule has 3 aromatic rings. The van der Waals surface area contributed by atoms with Crippen molar-refractivity contribution in [3.63, 3.8) is 0 Å². The van der Waals surface area contributed by atoms with Crippen molar-refractivity contribution in [2.24, 2.45) is 5.10 Å². The van der Waals surface area contributed by atoms with Gasteiger partial charge in [0.05, 0.1) is 37.9 Å². The highest BCUT2D eigenvalue weighted by atomic mass is 35.5. The average Bonchev–Trinajstić information content (AvgIpc) is 3.27. The number of amides is 1. The minimum absolute atomic E-state index is 0.185. The Balaban J connectivity index is 1.80. The monoisotopic (exact) mass is 481 g/mol. The Morgan fingerprint density at radius 2 is 1.94 bits per heavy atom. The van der Waals surface area contributed by atoms with Gasteiger partial charge < -0.3 is 14.6 Å². The predicted molar refractivity (Wildman–Crippen MR) is 129 cm³/mol. The molecule has 1 amide bonds. The highest BCUT2D eigenvalue weighted by Gasteiger charge is 2.36. The van der Waals surface area contributed by atoms with Crippen LogP contribution in [0, 0.1) is 6.92 Å². The van der Waals surface area contributed by atoms with Crippen LogP contribution in [-0.2, 0) is 9.59 Å². The normalized spacial score (nSPS) is 15.4. The zero-order valence-electron chi connectivity index (χ0n) is 19.0. The number of aliphatic carboxylic acids is 1. The molecule has 0 aliphatic carbocycles. The summed E-state index contributed by atoms with van der Waals surface area (Å²) in [6.07, 6.45) is -0.130. The summed E-state index contributed by atoms with van der Waals surface area (Å²) in [6.45, 7) is 1.96. The first-order valence-electron chi connectivity index (χ1n) is 10.7. The van der Waals surface area contributed by atoms with E-state index in [-0.39, 0.29) is 18.0 Å². The minimum atomic E-state index is -1.05. The van der Waals surface area contributed by atoms with Crippen LogP contribution < -0.4 is 9.47 Å². The number of halogens is 1. The van der Waals surface area contributed by atoms with Gasteiger partial charge in [-0.15, -0.1) is 0 Å². The lowest BCUT2D eigenvalue weighted by atomic mass is 9.97. The number of aromatic nitrogens is 1. The molecule has 9 heteroatoms. The van der Waals surface area contributed by atoms with Gasteiger partial charge in [0.25, 0.3) is 0 Å². The summed E-state index contributed by atoms with van der Waals surface area (Å²) in [7, 11) is 3.12. The van der Waals surface area contributed by atoms with Crippen molar-refractivity contribution in [2.45, 2.75) is 32.2 Å². The standard InChI is InChI=1S/C25H24ClN3O5/c1-14-5-4-6-15-11-18(25(26)27-24(14)15)20-13-19(28-29(20)22(30)9-10-23(31)32)17-12-16(33-2)7-8-21(17)34-3/h4-8,11-12,20H,9-10,13H2,1-3H3,(H,31,32). The van der Waals surface area contributed by atoms with Gasteiger partial charge in [0.2, 0.25) is 5.91 Å². The van der Waals surface area contributed by atoms with Gasteiger partial charge in [0, 0.05) is 29.4 Å². The number of carbonyl (C=O) groups is 2. The number of fused-ring (bicyclic) bond motifs is 1. The van der Waals surface area contributed by atoms with Gasteiger partial charge in [-0.1, -0.05) is 29.8 Å². The van der Waals surface area contributed by atoms with Crippen molar-refractivity contribution in [3.05, 3.63) is 64.3 Å². The fourth-order valence-corrected chi connectivity index (χ4v) is 4.35. The third-order valence-electron chi connectivity index (χ3n) is 5.82. The molecule has 1 atom stereocenters. The van der Waals surface area contributed by atoms with Gasteiger partial charge in [-0.05, 0) is 36.8 Å². The van der Waals surface area contributed by atoms with E-state index in [4.69, 9.17) is 26.2 Å². The van der Waals surface area contributed by atoms with Crippen LogP contribution in [0.3, 0.4) is 0 Å². The van der Waals surface area contributed by atoms with Crippen molar-refractivity contribution in [1.82, 2.24) is 9.99 Å². The lowest BCUT2D eigenvalue weighted by Crippen LogP contribution is -2.27. The molecular formula is C25H24ClN3O5. The minimum Gasteiger partial charge on any atom is -0.497 e. The lowest BCUT2D eigenvalue weighted by Gasteiger charge is -2.23. The Labute approximate surface area is 201 Å². The van der Waals surface area contributed by atoms with Crippen molar-refractivity contribution >= 4 is 40.1 Å². The molecule has 0 saturated carbocycles. The van der Waals surface area contributed by atoms with Gasteiger partial charge in [0.1, 0.15) is 16.7 Å². The maximum atomic E-state index is 13.1. The molecule has 0 bridgehead atoms. The van der Waals surface area contributed by atoms with Crippen molar-refractivity contribution in [2.75, 3.05) is 14.2 Å². The summed E-state index contributed by atoms with van der Waals surface area (Å²) < 4.78 is 10.9. The fraction of sp³-hybridized carbons (Fsp3) is 0.280. The molecule has 176 valence electrons. The Hall–Kier alpha value is -3.65. The molecule has 2 heterocycles. The summed E-state index contributed by atoms with van der Waals surface area (Å²) >= 11 is 6.61. The van der Waals surface area contributed by atoms with E-state index in [1.54, 1.807) is 32.4 Å². The highest BCUT2D eigenvalue weighted by Crippen LogP contribution is 2.39. The van der Waals surface area contributed by atoms with Gasteiger partial charge in [-0.3, -0.25) is 9.59 Å². The molecule has 1 unspecified atom stereocenters. The van der Waals surface area contributed by atoms with E-state index in [0.29, 0.717) is 34.8 Å². The second-order valence-electron chi connectivity index (χ2n) is 7.98. The Morgan fingerprint density at radius 3 is 2.65 bits per heavy atom. The van der Waals surface area contributed by atoms with Crippen molar-refractivity contribution in [1.29, 1.82) is 0 Å². The first-order valence-corrected chi connectivity index (χ1v) is 11.1. The number of rotatable bonds is 7. The molecule has 0 fully saturated rings. The quantitative estimate of drug-likeness (QED) is 0.488. The van der Waals surface area contributed by atoms with E-state index in [0.717, 1.165) is 16.5 Å². The molecule has 0 spiro atoms. The SMILES string of the molecule is COc1ccc(OC)c(C2=NN(C(=O)CCC(=O)O)C(c3cc4cccc(C)c4nc3Cl)C2)c1. The molecule has 0 radical (unpaired) electrons. The third-order valence-corrected chi connectivity index (χ3v) is 6.13. The Kier molecular flexibility index (Phi) is 6.70. The van der Waals surface area contributed by atoms with Crippen LogP contribution in [0.5, 0.6) is 11.5 Å². The largest absolute Gasteiger partial charge is 0.497 e. The molecule has 1 aliphatic rings. The van der Waals surface area contributed by atoms with Crippen LogP contribution in [0.2, 0.25) is 5.15 Å². The van der Waals surface area contributed by atoms with E-state index in [9.17, 15) is 9.59 Å². The summed E-state index contributed by atoms with van der Waals surface area (Å²) in [6, 6.07) is 12.5. The molecule has 8 nitrogen and oxygen atoms in total. The average molecular weight is 482 g/mol. The number of carboxylic acid groups (broad SMARTS) is 1.